The molecule has 1 heterocycles. The molecule has 0 aliphatic carbocycles. The molecule has 13 heavy (non-hydrogen) atoms. The van der Waals surface area contributed by atoms with Crippen molar-refractivity contribution in [2.24, 2.45) is 5.92 Å². The standard InChI is InChI=1S/C10H19NO2/c1-3-9(4-2)5-6-11-7-8-13-10(11)12/h9H,3-8H2,1-2H3. The molecule has 3 heteroatoms. The van der Waals surface area contributed by atoms with Crippen LogP contribution in [-0.4, -0.2) is 30.7 Å². The Hall–Kier alpha value is -0.730. The summed E-state index contributed by atoms with van der Waals surface area (Å²) in [5.74, 6) is 0.758. The number of rotatable bonds is 5. The zero-order valence-corrected chi connectivity index (χ0v) is 8.58. The van der Waals surface area contributed by atoms with Gasteiger partial charge in [-0.2, -0.15) is 0 Å². The van der Waals surface area contributed by atoms with Crippen molar-refractivity contribution in [3.63, 3.8) is 0 Å². The third kappa shape index (κ3) is 2.90. The number of hydrogen-bond donors (Lipinski definition) is 0. The van der Waals surface area contributed by atoms with Gasteiger partial charge in [0.25, 0.3) is 0 Å². The van der Waals surface area contributed by atoms with Gasteiger partial charge >= 0.3 is 6.09 Å². The van der Waals surface area contributed by atoms with Crippen molar-refractivity contribution in [1.82, 2.24) is 4.90 Å². The van der Waals surface area contributed by atoms with E-state index in [1.807, 2.05) is 0 Å². The fourth-order valence-electron chi connectivity index (χ4n) is 1.66. The van der Waals surface area contributed by atoms with E-state index < -0.39 is 0 Å². The lowest BCUT2D eigenvalue weighted by Crippen LogP contribution is -2.26. The molecule has 3 nitrogen and oxygen atoms in total. The number of hydrogen-bond acceptors (Lipinski definition) is 2. The fourth-order valence-corrected chi connectivity index (χ4v) is 1.66. The highest BCUT2D eigenvalue weighted by Crippen LogP contribution is 2.14. The van der Waals surface area contributed by atoms with Crippen molar-refractivity contribution >= 4 is 6.09 Å². The van der Waals surface area contributed by atoms with Gasteiger partial charge < -0.3 is 9.64 Å². The summed E-state index contributed by atoms with van der Waals surface area (Å²) in [6.45, 7) is 6.62. The zero-order valence-electron chi connectivity index (χ0n) is 8.58. The number of amides is 1. The van der Waals surface area contributed by atoms with E-state index in [0.29, 0.717) is 6.61 Å². The second-order valence-corrected chi connectivity index (χ2v) is 3.57. The Balaban J connectivity index is 2.20. The summed E-state index contributed by atoms with van der Waals surface area (Å²) >= 11 is 0. The maximum atomic E-state index is 11.1. The molecule has 0 saturated carbocycles. The quantitative estimate of drug-likeness (QED) is 0.657. The summed E-state index contributed by atoms with van der Waals surface area (Å²) < 4.78 is 4.85. The molecule has 0 bridgehead atoms. The Labute approximate surface area is 80.1 Å². The highest BCUT2D eigenvalue weighted by molar-refractivity contribution is 5.69. The van der Waals surface area contributed by atoms with Gasteiger partial charge in [-0.25, -0.2) is 4.79 Å². The van der Waals surface area contributed by atoms with Crippen LogP contribution in [0, 0.1) is 5.92 Å². The van der Waals surface area contributed by atoms with E-state index >= 15 is 0 Å². The molecule has 0 spiro atoms. The van der Waals surface area contributed by atoms with Crippen LogP contribution in [0.15, 0.2) is 0 Å². The van der Waals surface area contributed by atoms with E-state index in [1.54, 1.807) is 4.90 Å². The van der Waals surface area contributed by atoms with Crippen LogP contribution in [0.4, 0.5) is 4.79 Å². The lowest BCUT2D eigenvalue weighted by molar-refractivity contribution is 0.156. The average Bonchev–Trinajstić information content (AvgIpc) is 2.54. The first-order valence-electron chi connectivity index (χ1n) is 5.19. The van der Waals surface area contributed by atoms with Crippen LogP contribution in [0.1, 0.15) is 33.1 Å². The predicted octanol–water partition coefficient (Wildman–Crippen LogP) is 2.26. The summed E-state index contributed by atoms with van der Waals surface area (Å²) in [7, 11) is 0. The van der Waals surface area contributed by atoms with Gasteiger partial charge in [-0.05, 0) is 12.3 Å². The second kappa shape index (κ2) is 5.10. The third-order valence-electron chi connectivity index (χ3n) is 2.81. The largest absolute Gasteiger partial charge is 0.448 e. The summed E-state index contributed by atoms with van der Waals surface area (Å²) in [4.78, 5) is 12.9. The predicted molar refractivity (Wildman–Crippen MR) is 51.6 cm³/mol. The highest BCUT2D eigenvalue weighted by Gasteiger charge is 2.21. The molecular weight excluding hydrogens is 166 g/mol. The van der Waals surface area contributed by atoms with Crippen molar-refractivity contribution < 1.29 is 9.53 Å². The molecule has 0 unspecified atom stereocenters. The van der Waals surface area contributed by atoms with Gasteiger partial charge in [0.05, 0.1) is 6.54 Å². The molecule has 0 atom stereocenters. The van der Waals surface area contributed by atoms with Gasteiger partial charge in [-0.3, -0.25) is 0 Å². The number of carbonyl (C=O) groups excluding carboxylic acids is 1. The van der Waals surface area contributed by atoms with Crippen molar-refractivity contribution in [3.8, 4) is 0 Å². The van der Waals surface area contributed by atoms with Crippen molar-refractivity contribution in [2.75, 3.05) is 19.7 Å². The Kier molecular flexibility index (Phi) is 4.06. The zero-order chi connectivity index (χ0) is 9.68. The minimum Gasteiger partial charge on any atom is -0.448 e. The van der Waals surface area contributed by atoms with E-state index in [1.165, 1.54) is 12.8 Å². The van der Waals surface area contributed by atoms with Crippen molar-refractivity contribution in [2.45, 2.75) is 33.1 Å². The maximum absolute atomic E-state index is 11.1. The lowest BCUT2D eigenvalue weighted by atomic mass is 9.99. The van der Waals surface area contributed by atoms with E-state index in [-0.39, 0.29) is 6.09 Å². The van der Waals surface area contributed by atoms with E-state index in [2.05, 4.69) is 13.8 Å². The van der Waals surface area contributed by atoms with Gasteiger partial charge in [0, 0.05) is 6.54 Å². The summed E-state index contributed by atoms with van der Waals surface area (Å²) in [5, 5.41) is 0. The van der Waals surface area contributed by atoms with Crippen LogP contribution in [0.25, 0.3) is 0 Å². The molecule has 1 saturated heterocycles. The number of carbonyl (C=O) groups is 1. The van der Waals surface area contributed by atoms with Crippen LogP contribution in [0.2, 0.25) is 0 Å². The first-order valence-corrected chi connectivity index (χ1v) is 5.19. The topological polar surface area (TPSA) is 29.5 Å². The van der Waals surface area contributed by atoms with Crippen molar-refractivity contribution in [1.29, 1.82) is 0 Å². The van der Waals surface area contributed by atoms with Gasteiger partial charge in [-0.15, -0.1) is 0 Å². The molecule has 0 aromatic rings. The van der Waals surface area contributed by atoms with Crippen LogP contribution in [0.3, 0.4) is 0 Å². The molecule has 1 aliphatic rings. The average molecular weight is 185 g/mol. The highest BCUT2D eigenvalue weighted by atomic mass is 16.6. The maximum Gasteiger partial charge on any atom is 0.409 e. The van der Waals surface area contributed by atoms with Crippen LogP contribution in [-0.2, 0) is 4.74 Å². The van der Waals surface area contributed by atoms with Crippen LogP contribution in [0.5, 0.6) is 0 Å². The lowest BCUT2D eigenvalue weighted by Gasteiger charge is -2.16. The SMILES string of the molecule is CCC(CC)CCN1CCOC1=O. The molecule has 0 aromatic heterocycles. The first-order chi connectivity index (χ1) is 6.27. The number of cyclic esters (lactones) is 1. The van der Waals surface area contributed by atoms with Crippen molar-refractivity contribution in [3.05, 3.63) is 0 Å². The summed E-state index contributed by atoms with van der Waals surface area (Å²) in [5.41, 5.74) is 0. The minimum absolute atomic E-state index is 0.133. The molecule has 1 rings (SSSR count). The Morgan fingerprint density at radius 3 is 2.62 bits per heavy atom. The second-order valence-electron chi connectivity index (χ2n) is 3.57. The molecule has 1 fully saturated rings. The normalized spacial score (nSPS) is 16.8. The molecule has 1 amide bonds. The Morgan fingerprint density at radius 2 is 2.15 bits per heavy atom. The smallest absolute Gasteiger partial charge is 0.409 e. The van der Waals surface area contributed by atoms with Gasteiger partial charge in [0.15, 0.2) is 0 Å². The number of ether oxygens (including phenoxy) is 1. The van der Waals surface area contributed by atoms with E-state index in [4.69, 9.17) is 4.74 Å². The fraction of sp³-hybridized carbons (Fsp3) is 0.900. The van der Waals surface area contributed by atoms with E-state index in [9.17, 15) is 4.79 Å². The third-order valence-corrected chi connectivity index (χ3v) is 2.81. The first kappa shape index (κ1) is 10.4. The van der Waals surface area contributed by atoms with Gasteiger partial charge in [-0.1, -0.05) is 26.7 Å². The minimum atomic E-state index is -0.133. The van der Waals surface area contributed by atoms with Gasteiger partial charge in [0.1, 0.15) is 6.61 Å². The Bertz CT molecular complexity index is 166. The van der Waals surface area contributed by atoms with Gasteiger partial charge in [0.2, 0.25) is 0 Å². The number of nitrogens with zero attached hydrogens (tertiary/aromatic N) is 1. The molecular formula is C10H19NO2. The molecule has 76 valence electrons. The van der Waals surface area contributed by atoms with E-state index in [0.717, 1.165) is 25.4 Å². The molecule has 1 aliphatic heterocycles. The van der Waals surface area contributed by atoms with Crippen LogP contribution >= 0.6 is 0 Å². The summed E-state index contributed by atoms with van der Waals surface area (Å²) in [6.07, 6.45) is 3.40. The molecule has 0 radical (unpaired) electrons. The molecule has 0 N–H and O–H groups in total. The Morgan fingerprint density at radius 1 is 1.46 bits per heavy atom. The monoisotopic (exact) mass is 185 g/mol. The summed E-state index contributed by atoms with van der Waals surface area (Å²) in [6, 6.07) is 0. The molecule has 0 aromatic carbocycles. The van der Waals surface area contributed by atoms with Crippen LogP contribution < -0.4 is 0 Å².